The summed E-state index contributed by atoms with van der Waals surface area (Å²) < 4.78 is 2.03. The predicted octanol–water partition coefficient (Wildman–Crippen LogP) is 5.20. The van der Waals surface area contributed by atoms with Crippen molar-refractivity contribution in [1.29, 1.82) is 0 Å². The highest BCUT2D eigenvalue weighted by atomic mass is 16.3. The fourth-order valence-corrected chi connectivity index (χ4v) is 4.58. The van der Waals surface area contributed by atoms with Gasteiger partial charge in [0.2, 0.25) is 0 Å². The van der Waals surface area contributed by atoms with Gasteiger partial charge in [0.25, 0.3) is 0 Å². The standard InChI is InChI=1S/C28H35N5O/c1-5-21(18-32(2)3)22-9-7-10-23(15-22)27-30-17-26(24-12-13-33(4)19-24)28(31-27)29-16-20-8-6-11-25(34)14-20/h5,7,9-10,12-13,15,17-20,25,34H,1,6,8,11,14,16H2,2-4H3,(H,29,30,31)/b21-18+. The lowest BCUT2D eigenvalue weighted by atomic mass is 9.87. The van der Waals surface area contributed by atoms with Gasteiger partial charge in [-0.15, -0.1) is 0 Å². The van der Waals surface area contributed by atoms with E-state index in [-0.39, 0.29) is 6.10 Å². The number of aliphatic hydroxyl groups is 1. The molecule has 2 unspecified atom stereocenters. The van der Waals surface area contributed by atoms with Gasteiger partial charge in [0.15, 0.2) is 5.82 Å². The molecule has 6 nitrogen and oxygen atoms in total. The molecular weight excluding hydrogens is 422 g/mol. The number of rotatable bonds is 8. The van der Waals surface area contributed by atoms with Gasteiger partial charge in [0.1, 0.15) is 5.82 Å². The summed E-state index contributed by atoms with van der Waals surface area (Å²) in [6, 6.07) is 10.3. The monoisotopic (exact) mass is 457 g/mol. The zero-order valence-electron chi connectivity index (χ0n) is 20.4. The van der Waals surface area contributed by atoms with E-state index in [9.17, 15) is 5.11 Å². The summed E-state index contributed by atoms with van der Waals surface area (Å²) in [5, 5.41) is 13.7. The SMILES string of the molecule is C=C/C(=C\N(C)C)c1cccc(-c2ncc(-c3ccn(C)c3)c(NCC3CCCC(O)C3)n2)c1. The van der Waals surface area contributed by atoms with Crippen LogP contribution >= 0.6 is 0 Å². The number of allylic oxidation sites excluding steroid dienone is 2. The van der Waals surface area contributed by atoms with Gasteiger partial charge in [-0.2, -0.15) is 0 Å². The number of hydrogen-bond donors (Lipinski definition) is 2. The number of benzene rings is 1. The predicted molar refractivity (Wildman–Crippen MR) is 140 cm³/mol. The third-order valence-corrected chi connectivity index (χ3v) is 6.32. The van der Waals surface area contributed by atoms with Crippen molar-refractivity contribution in [3.63, 3.8) is 0 Å². The molecule has 0 aliphatic heterocycles. The minimum Gasteiger partial charge on any atom is -0.393 e. The van der Waals surface area contributed by atoms with Gasteiger partial charge in [0.05, 0.1) is 6.10 Å². The summed E-state index contributed by atoms with van der Waals surface area (Å²) in [5.41, 5.74) is 5.14. The molecule has 2 heterocycles. The van der Waals surface area contributed by atoms with Gasteiger partial charge in [0, 0.05) is 69.2 Å². The molecule has 1 aliphatic rings. The number of nitrogens with zero attached hydrogens (tertiary/aromatic N) is 4. The van der Waals surface area contributed by atoms with Gasteiger partial charge in [-0.1, -0.05) is 37.3 Å². The van der Waals surface area contributed by atoms with E-state index in [4.69, 9.17) is 9.97 Å². The van der Waals surface area contributed by atoms with Gasteiger partial charge in [-0.25, -0.2) is 9.97 Å². The van der Waals surface area contributed by atoms with Crippen LogP contribution in [0.15, 0.2) is 67.8 Å². The lowest BCUT2D eigenvalue weighted by molar-refractivity contribution is 0.104. The minimum absolute atomic E-state index is 0.188. The number of anilines is 1. The highest BCUT2D eigenvalue weighted by Crippen LogP contribution is 2.31. The molecule has 0 saturated heterocycles. The van der Waals surface area contributed by atoms with Gasteiger partial charge in [-0.05, 0) is 48.4 Å². The van der Waals surface area contributed by atoms with Gasteiger partial charge >= 0.3 is 0 Å². The Bertz CT molecular complexity index is 1160. The Morgan fingerprint density at radius 1 is 1.26 bits per heavy atom. The summed E-state index contributed by atoms with van der Waals surface area (Å²) in [6.45, 7) is 4.76. The summed E-state index contributed by atoms with van der Waals surface area (Å²) in [6.07, 6.45) is 13.7. The van der Waals surface area contributed by atoms with Crippen LogP contribution in [0.2, 0.25) is 0 Å². The van der Waals surface area contributed by atoms with Crippen LogP contribution in [0.5, 0.6) is 0 Å². The molecule has 1 aliphatic carbocycles. The van der Waals surface area contributed by atoms with Crippen LogP contribution in [0.1, 0.15) is 31.2 Å². The highest BCUT2D eigenvalue weighted by Gasteiger charge is 2.21. The number of nitrogens with one attached hydrogen (secondary N) is 1. The quantitative estimate of drug-likeness (QED) is 0.455. The first-order chi connectivity index (χ1) is 16.4. The maximum Gasteiger partial charge on any atom is 0.161 e. The van der Waals surface area contributed by atoms with Crippen molar-refractivity contribution in [1.82, 2.24) is 19.4 Å². The van der Waals surface area contributed by atoms with Crippen molar-refractivity contribution in [2.75, 3.05) is 26.0 Å². The Hall–Kier alpha value is -3.38. The molecule has 1 fully saturated rings. The van der Waals surface area contributed by atoms with Crippen LogP contribution in [0.4, 0.5) is 5.82 Å². The maximum atomic E-state index is 10.1. The Kier molecular flexibility index (Phi) is 7.48. The number of aliphatic hydroxyl groups excluding tert-OH is 1. The van der Waals surface area contributed by atoms with Crippen LogP contribution in [0.3, 0.4) is 0 Å². The average Bonchev–Trinajstić information content (AvgIpc) is 3.27. The Balaban J connectivity index is 1.67. The molecule has 2 aromatic heterocycles. The maximum absolute atomic E-state index is 10.1. The van der Waals surface area contributed by atoms with E-state index in [0.29, 0.717) is 11.7 Å². The molecule has 4 rings (SSSR count). The first-order valence-corrected chi connectivity index (χ1v) is 12.0. The molecule has 3 aromatic rings. The molecule has 1 aromatic carbocycles. The second-order valence-corrected chi connectivity index (χ2v) is 9.42. The molecule has 34 heavy (non-hydrogen) atoms. The molecule has 2 atom stereocenters. The largest absolute Gasteiger partial charge is 0.393 e. The summed E-state index contributed by atoms with van der Waals surface area (Å²) in [4.78, 5) is 11.7. The van der Waals surface area contributed by atoms with E-state index in [1.807, 2.05) is 61.2 Å². The molecular formula is C28H35N5O. The molecule has 0 radical (unpaired) electrons. The molecule has 178 valence electrons. The molecule has 0 spiro atoms. The second kappa shape index (κ2) is 10.7. The van der Waals surface area contributed by atoms with Crippen LogP contribution < -0.4 is 5.32 Å². The molecule has 1 saturated carbocycles. The van der Waals surface area contributed by atoms with Crippen molar-refractivity contribution in [3.8, 4) is 22.5 Å². The smallest absolute Gasteiger partial charge is 0.161 e. The Labute approximate surface area is 202 Å². The lowest BCUT2D eigenvalue weighted by Crippen LogP contribution is -2.25. The van der Waals surface area contributed by atoms with Crippen molar-refractivity contribution < 1.29 is 5.11 Å². The van der Waals surface area contributed by atoms with Gasteiger partial charge < -0.3 is 19.9 Å². The minimum atomic E-state index is -0.188. The number of aryl methyl sites for hydroxylation is 1. The van der Waals surface area contributed by atoms with Crippen molar-refractivity contribution in [2.45, 2.75) is 31.8 Å². The summed E-state index contributed by atoms with van der Waals surface area (Å²) in [5.74, 6) is 1.95. The van der Waals surface area contributed by atoms with Gasteiger partial charge in [-0.3, -0.25) is 0 Å². The fraction of sp³-hybridized carbons (Fsp3) is 0.357. The van der Waals surface area contributed by atoms with Crippen molar-refractivity contribution in [3.05, 3.63) is 73.3 Å². The van der Waals surface area contributed by atoms with Crippen LogP contribution in [-0.2, 0) is 7.05 Å². The lowest BCUT2D eigenvalue weighted by Gasteiger charge is -2.26. The summed E-state index contributed by atoms with van der Waals surface area (Å²) >= 11 is 0. The van der Waals surface area contributed by atoms with E-state index < -0.39 is 0 Å². The highest BCUT2D eigenvalue weighted by molar-refractivity contribution is 5.78. The van der Waals surface area contributed by atoms with Crippen molar-refractivity contribution in [2.24, 2.45) is 13.0 Å². The molecule has 0 bridgehead atoms. The molecule has 0 amide bonds. The van der Waals surface area contributed by atoms with Crippen LogP contribution in [0, 0.1) is 5.92 Å². The van der Waals surface area contributed by atoms with E-state index in [1.54, 1.807) is 0 Å². The van der Waals surface area contributed by atoms with Crippen LogP contribution in [0.25, 0.3) is 28.1 Å². The zero-order valence-corrected chi connectivity index (χ0v) is 20.4. The van der Waals surface area contributed by atoms with E-state index in [1.165, 1.54) is 0 Å². The molecule has 2 N–H and O–H groups in total. The van der Waals surface area contributed by atoms with E-state index in [0.717, 1.165) is 65.9 Å². The van der Waals surface area contributed by atoms with Crippen molar-refractivity contribution >= 4 is 11.4 Å². The average molecular weight is 458 g/mol. The normalized spacial score (nSPS) is 18.5. The van der Waals surface area contributed by atoms with E-state index >= 15 is 0 Å². The third kappa shape index (κ3) is 5.75. The number of hydrogen-bond acceptors (Lipinski definition) is 5. The number of aromatic nitrogens is 3. The topological polar surface area (TPSA) is 66.2 Å². The first-order valence-electron chi connectivity index (χ1n) is 12.0. The fourth-order valence-electron chi connectivity index (χ4n) is 4.58. The first kappa shape index (κ1) is 23.8. The van der Waals surface area contributed by atoms with E-state index in [2.05, 4.69) is 42.5 Å². The second-order valence-electron chi connectivity index (χ2n) is 9.42. The summed E-state index contributed by atoms with van der Waals surface area (Å²) in [7, 11) is 6.02. The molecule has 6 heteroatoms. The zero-order chi connectivity index (χ0) is 24.1. The Morgan fingerprint density at radius 3 is 2.82 bits per heavy atom. The van der Waals surface area contributed by atoms with Crippen LogP contribution in [-0.4, -0.2) is 51.3 Å². The Morgan fingerprint density at radius 2 is 2.12 bits per heavy atom. The third-order valence-electron chi connectivity index (χ3n) is 6.32.